The average Bonchev–Trinajstić information content (AvgIpc) is 2.77. The molecule has 0 saturated heterocycles. The number of carbonyl (C=O) groups excluding carboxylic acids is 1. The summed E-state index contributed by atoms with van der Waals surface area (Å²) < 4.78 is 0. The lowest BCUT2D eigenvalue weighted by molar-refractivity contribution is -0.151. The molecule has 3 unspecified atom stereocenters. The molecular formula is C21H28O3. The normalized spacial score (nSPS) is 39.9. The highest BCUT2D eigenvalue weighted by Crippen LogP contribution is 2.67. The second-order valence-corrected chi connectivity index (χ2v) is 9.42. The Morgan fingerprint density at radius 3 is 2.46 bits per heavy atom. The van der Waals surface area contributed by atoms with Crippen LogP contribution in [0.15, 0.2) is 12.1 Å². The molecule has 24 heavy (non-hydrogen) atoms. The Balaban J connectivity index is 1.84. The van der Waals surface area contributed by atoms with E-state index < -0.39 is 0 Å². The molecule has 4 rings (SSSR count). The number of fused-ring (bicyclic) bond motifs is 5. The smallest absolute Gasteiger partial charge is 0.138 e. The van der Waals surface area contributed by atoms with Crippen LogP contribution in [0.25, 0.3) is 0 Å². The zero-order valence-corrected chi connectivity index (χ0v) is 15.1. The van der Waals surface area contributed by atoms with Gasteiger partial charge in [0.15, 0.2) is 0 Å². The molecule has 0 aliphatic heterocycles. The van der Waals surface area contributed by atoms with Gasteiger partial charge < -0.3 is 10.2 Å². The topological polar surface area (TPSA) is 57.5 Å². The monoisotopic (exact) mass is 328 g/mol. The molecule has 1 aromatic carbocycles. The van der Waals surface area contributed by atoms with Crippen LogP contribution in [-0.4, -0.2) is 16.0 Å². The van der Waals surface area contributed by atoms with Crippen molar-refractivity contribution in [1.82, 2.24) is 0 Å². The first-order valence-electron chi connectivity index (χ1n) is 9.19. The van der Waals surface area contributed by atoms with Gasteiger partial charge in [0.2, 0.25) is 0 Å². The van der Waals surface area contributed by atoms with Crippen LogP contribution < -0.4 is 0 Å². The SMILES string of the molecule is CC1(C)C(=O)CCC2(C)C1CC[C@@]1(C)c3c(O)cc(O)cc3CC21. The number of ketones is 1. The quantitative estimate of drug-likeness (QED) is 0.745. The molecule has 0 heterocycles. The Labute approximate surface area is 144 Å². The third-order valence-electron chi connectivity index (χ3n) is 7.97. The molecule has 3 nitrogen and oxygen atoms in total. The van der Waals surface area contributed by atoms with E-state index in [4.69, 9.17) is 0 Å². The molecule has 2 N–H and O–H groups in total. The van der Waals surface area contributed by atoms with E-state index in [1.54, 1.807) is 0 Å². The van der Waals surface area contributed by atoms with Crippen LogP contribution in [0.2, 0.25) is 0 Å². The minimum absolute atomic E-state index is 0.0607. The highest BCUT2D eigenvalue weighted by molar-refractivity contribution is 5.85. The lowest BCUT2D eigenvalue weighted by Gasteiger charge is -2.60. The van der Waals surface area contributed by atoms with Crippen LogP contribution in [0.4, 0.5) is 0 Å². The zero-order valence-electron chi connectivity index (χ0n) is 15.1. The maximum atomic E-state index is 12.5. The Hall–Kier alpha value is -1.51. The van der Waals surface area contributed by atoms with Crippen molar-refractivity contribution in [2.24, 2.45) is 22.7 Å². The number of hydrogen-bond acceptors (Lipinski definition) is 3. The molecule has 4 atom stereocenters. The fraction of sp³-hybridized carbons (Fsp3) is 0.667. The van der Waals surface area contributed by atoms with Gasteiger partial charge in [-0.1, -0.05) is 27.7 Å². The van der Waals surface area contributed by atoms with E-state index in [0.29, 0.717) is 24.0 Å². The fourth-order valence-corrected chi connectivity index (χ4v) is 6.82. The molecule has 0 aromatic heterocycles. The molecule has 1 aromatic rings. The Bertz CT molecular complexity index is 735. The van der Waals surface area contributed by atoms with E-state index >= 15 is 0 Å². The largest absolute Gasteiger partial charge is 0.508 e. The summed E-state index contributed by atoms with van der Waals surface area (Å²) in [5.41, 5.74) is 1.92. The van der Waals surface area contributed by atoms with Gasteiger partial charge in [0.05, 0.1) is 0 Å². The first-order chi connectivity index (χ1) is 11.1. The number of carbonyl (C=O) groups is 1. The number of hydrogen-bond donors (Lipinski definition) is 2. The van der Waals surface area contributed by atoms with Gasteiger partial charge in [-0.05, 0) is 54.6 Å². The molecule has 0 radical (unpaired) electrons. The summed E-state index contributed by atoms with van der Waals surface area (Å²) in [6.45, 7) is 8.92. The number of Topliss-reactive ketones (excluding diaryl/α,β-unsaturated/α-hetero) is 1. The molecule has 3 heteroatoms. The van der Waals surface area contributed by atoms with Gasteiger partial charge in [0.25, 0.3) is 0 Å². The zero-order chi connectivity index (χ0) is 17.5. The minimum Gasteiger partial charge on any atom is -0.508 e. The number of aromatic hydroxyl groups is 2. The first-order valence-corrected chi connectivity index (χ1v) is 9.19. The first kappa shape index (κ1) is 16.0. The molecule has 0 amide bonds. The Morgan fingerprint density at radius 2 is 1.75 bits per heavy atom. The van der Waals surface area contributed by atoms with Crippen molar-refractivity contribution in [3.63, 3.8) is 0 Å². The summed E-state index contributed by atoms with van der Waals surface area (Å²) in [6.07, 6.45) is 4.54. The van der Waals surface area contributed by atoms with Crippen LogP contribution in [-0.2, 0) is 16.6 Å². The van der Waals surface area contributed by atoms with Gasteiger partial charge in [-0.15, -0.1) is 0 Å². The van der Waals surface area contributed by atoms with E-state index in [1.807, 2.05) is 6.07 Å². The maximum Gasteiger partial charge on any atom is 0.138 e. The third-order valence-corrected chi connectivity index (χ3v) is 7.97. The lowest BCUT2D eigenvalue weighted by Crippen LogP contribution is -2.57. The molecule has 2 fully saturated rings. The van der Waals surface area contributed by atoms with Crippen LogP contribution in [0, 0.1) is 22.7 Å². The summed E-state index contributed by atoms with van der Waals surface area (Å²) in [5.74, 6) is 1.61. The fourth-order valence-electron chi connectivity index (χ4n) is 6.82. The van der Waals surface area contributed by atoms with Crippen molar-refractivity contribution in [1.29, 1.82) is 0 Å². The van der Waals surface area contributed by atoms with E-state index in [-0.39, 0.29) is 27.7 Å². The molecule has 3 aliphatic rings. The van der Waals surface area contributed by atoms with E-state index in [1.165, 1.54) is 6.07 Å². The van der Waals surface area contributed by atoms with Gasteiger partial charge in [-0.2, -0.15) is 0 Å². The van der Waals surface area contributed by atoms with Crippen molar-refractivity contribution >= 4 is 5.78 Å². The summed E-state index contributed by atoms with van der Waals surface area (Å²) in [5, 5.41) is 20.4. The van der Waals surface area contributed by atoms with E-state index in [9.17, 15) is 15.0 Å². The van der Waals surface area contributed by atoms with Crippen LogP contribution in [0.3, 0.4) is 0 Å². The molecule has 2 saturated carbocycles. The average molecular weight is 328 g/mol. The number of benzene rings is 1. The number of phenolic OH excluding ortho intramolecular Hbond substituents is 2. The van der Waals surface area contributed by atoms with Crippen LogP contribution in [0.5, 0.6) is 11.5 Å². The standard InChI is InChI=1S/C21H28O3/c1-19(2)15-5-7-21(4)16(20(15,3)8-6-17(19)24)10-12-9-13(22)11-14(23)18(12)21/h9,11,15-16,22-23H,5-8,10H2,1-4H3/t15?,16?,20?,21-/m1/s1. The van der Waals surface area contributed by atoms with Gasteiger partial charge in [-0.25, -0.2) is 0 Å². The van der Waals surface area contributed by atoms with Crippen molar-refractivity contribution in [3.05, 3.63) is 23.3 Å². The summed E-state index contributed by atoms with van der Waals surface area (Å²) in [6, 6.07) is 3.31. The molecule has 0 bridgehead atoms. The lowest BCUT2D eigenvalue weighted by atomic mass is 9.43. The van der Waals surface area contributed by atoms with Crippen molar-refractivity contribution in [3.8, 4) is 11.5 Å². The predicted molar refractivity (Wildman–Crippen MR) is 93.2 cm³/mol. The second kappa shape index (κ2) is 4.56. The van der Waals surface area contributed by atoms with Gasteiger partial charge in [0, 0.05) is 28.9 Å². The van der Waals surface area contributed by atoms with Gasteiger partial charge in [0.1, 0.15) is 17.3 Å². The van der Waals surface area contributed by atoms with Crippen molar-refractivity contribution in [2.45, 2.75) is 65.2 Å². The van der Waals surface area contributed by atoms with E-state index in [2.05, 4.69) is 27.7 Å². The predicted octanol–water partition coefficient (Wildman–Crippen LogP) is 4.33. The highest BCUT2D eigenvalue weighted by Gasteiger charge is 2.63. The van der Waals surface area contributed by atoms with Gasteiger partial charge >= 0.3 is 0 Å². The van der Waals surface area contributed by atoms with Crippen LogP contribution in [0.1, 0.15) is 64.5 Å². The van der Waals surface area contributed by atoms with Crippen molar-refractivity contribution in [2.75, 3.05) is 0 Å². The Kier molecular flexibility index (Phi) is 3.04. The number of rotatable bonds is 0. The van der Waals surface area contributed by atoms with Crippen LogP contribution >= 0.6 is 0 Å². The third kappa shape index (κ3) is 1.76. The highest BCUT2D eigenvalue weighted by atomic mass is 16.3. The number of phenols is 2. The Morgan fingerprint density at radius 1 is 1.04 bits per heavy atom. The molecule has 3 aliphatic carbocycles. The molecular weight excluding hydrogens is 300 g/mol. The summed E-state index contributed by atoms with van der Waals surface area (Å²) in [4.78, 5) is 12.5. The van der Waals surface area contributed by atoms with E-state index in [0.717, 1.165) is 36.8 Å². The summed E-state index contributed by atoms with van der Waals surface area (Å²) in [7, 11) is 0. The second-order valence-electron chi connectivity index (χ2n) is 9.42. The summed E-state index contributed by atoms with van der Waals surface area (Å²) >= 11 is 0. The maximum absolute atomic E-state index is 12.5. The molecule has 130 valence electrons. The van der Waals surface area contributed by atoms with Crippen molar-refractivity contribution < 1.29 is 15.0 Å². The molecule has 0 spiro atoms. The minimum atomic E-state index is -0.257. The van der Waals surface area contributed by atoms with Gasteiger partial charge in [-0.3, -0.25) is 4.79 Å².